The van der Waals surface area contributed by atoms with Crippen molar-refractivity contribution in [1.82, 2.24) is 0 Å². The molecule has 0 saturated heterocycles. The minimum Gasteiger partial charge on any atom is -0.497 e. The number of ether oxygens (including phenoxy) is 2. The summed E-state index contributed by atoms with van der Waals surface area (Å²) in [7, 11) is 1.59. The highest BCUT2D eigenvalue weighted by Gasteiger charge is 2.24. The molecule has 13 heavy (non-hydrogen) atoms. The summed E-state index contributed by atoms with van der Waals surface area (Å²) < 4.78 is 10.4. The molecule has 0 aliphatic carbocycles. The maximum atomic E-state index is 6.01. The number of halogens is 1. The van der Waals surface area contributed by atoms with Crippen molar-refractivity contribution < 1.29 is 9.47 Å². The van der Waals surface area contributed by atoms with Gasteiger partial charge in [0.25, 0.3) is 0 Å². The number of benzene rings is 1. The third kappa shape index (κ3) is 1.34. The van der Waals surface area contributed by atoms with Crippen molar-refractivity contribution in [2.24, 2.45) is 5.73 Å². The normalized spacial score (nSPS) is 19.5. The molecule has 1 aromatic carbocycles. The lowest BCUT2D eigenvalue weighted by atomic mass is 10.1. The van der Waals surface area contributed by atoms with E-state index in [1.165, 1.54) is 0 Å². The standard InChI is InChI=1S/C9H10ClNO2/c1-12-5-2-6(10)9-7(11)4-13-8(9)3-5/h2-3,7H,4,11H2,1H3/t7-/m1/s1. The van der Waals surface area contributed by atoms with Gasteiger partial charge in [0.15, 0.2) is 0 Å². The van der Waals surface area contributed by atoms with E-state index in [4.69, 9.17) is 26.8 Å². The zero-order valence-corrected chi connectivity index (χ0v) is 7.97. The van der Waals surface area contributed by atoms with E-state index in [1.807, 2.05) is 0 Å². The van der Waals surface area contributed by atoms with Gasteiger partial charge in [0, 0.05) is 11.6 Å². The Morgan fingerprint density at radius 3 is 3.08 bits per heavy atom. The van der Waals surface area contributed by atoms with Crippen LogP contribution in [-0.4, -0.2) is 13.7 Å². The fraction of sp³-hybridized carbons (Fsp3) is 0.333. The average molecular weight is 200 g/mol. The van der Waals surface area contributed by atoms with Crippen molar-refractivity contribution in [3.63, 3.8) is 0 Å². The van der Waals surface area contributed by atoms with Gasteiger partial charge in [-0.15, -0.1) is 0 Å². The lowest BCUT2D eigenvalue weighted by molar-refractivity contribution is 0.331. The molecule has 4 heteroatoms. The Labute approximate surface area is 81.4 Å². The van der Waals surface area contributed by atoms with Crippen LogP contribution in [0, 0.1) is 0 Å². The first-order valence-corrected chi connectivity index (χ1v) is 4.36. The maximum absolute atomic E-state index is 6.01. The average Bonchev–Trinajstić information content (AvgIpc) is 2.48. The van der Waals surface area contributed by atoms with Crippen LogP contribution in [0.15, 0.2) is 12.1 Å². The number of rotatable bonds is 1. The smallest absolute Gasteiger partial charge is 0.129 e. The molecule has 0 saturated carbocycles. The molecule has 1 atom stereocenters. The number of nitrogens with two attached hydrogens (primary N) is 1. The highest BCUT2D eigenvalue weighted by Crippen LogP contribution is 2.39. The van der Waals surface area contributed by atoms with Gasteiger partial charge >= 0.3 is 0 Å². The Kier molecular flexibility index (Phi) is 2.06. The second kappa shape index (κ2) is 3.09. The summed E-state index contributed by atoms with van der Waals surface area (Å²) in [5, 5.41) is 0.611. The Morgan fingerprint density at radius 1 is 1.62 bits per heavy atom. The molecule has 0 unspecified atom stereocenters. The van der Waals surface area contributed by atoms with Gasteiger partial charge in [-0.05, 0) is 6.07 Å². The van der Waals surface area contributed by atoms with Crippen molar-refractivity contribution in [1.29, 1.82) is 0 Å². The molecule has 0 radical (unpaired) electrons. The molecule has 0 fully saturated rings. The van der Waals surface area contributed by atoms with Crippen LogP contribution in [0.25, 0.3) is 0 Å². The molecule has 2 rings (SSSR count). The number of fused-ring (bicyclic) bond motifs is 1. The van der Waals surface area contributed by atoms with Gasteiger partial charge in [-0.1, -0.05) is 11.6 Å². The molecule has 0 amide bonds. The van der Waals surface area contributed by atoms with Gasteiger partial charge in [0.05, 0.1) is 18.2 Å². The predicted octanol–water partition coefficient (Wildman–Crippen LogP) is 1.74. The Hall–Kier alpha value is -0.930. The molecular weight excluding hydrogens is 190 g/mol. The summed E-state index contributed by atoms with van der Waals surface area (Å²) in [5.41, 5.74) is 6.67. The second-order valence-electron chi connectivity index (χ2n) is 2.94. The van der Waals surface area contributed by atoms with Crippen molar-refractivity contribution in [3.8, 4) is 11.5 Å². The number of hydrogen-bond acceptors (Lipinski definition) is 3. The summed E-state index contributed by atoms with van der Waals surface area (Å²) in [6, 6.07) is 3.43. The van der Waals surface area contributed by atoms with Crippen molar-refractivity contribution in [2.75, 3.05) is 13.7 Å². The third-order valence-electron chi connectivity index (χ3n) is 2.09. The van der Waals surface area contributed by atoms with E-state index in [0.29, 0.717) is 17.4 Å². The fourth-order valence-electron chi connectivity index (χ4n) is 1.43. The highest BCUT2D eigenvalue weighted by molar-refractivity contribution is 6.31. The van der Waals surface area contributed by atoms with Gasteiger partial charge in [-0.3, -0.25) is 0 Å². The van der Waals surface area contributed by atoms with Crippen LogP contribution >= 0.6 is 11.6 Å². The second-order valence-corrected chi connectivity index (χ2v) is 3.35. The molecule has 1 heterocycles. The summed E-state index contributed by atoms with van der Waals surface area (Å²) in [5.74, 6) is 1.43. The van der Waals surface area contributed by atoms with E-state index in [9.17, 15) is 0 Å². The van der Waals surface area contributed by atoms with Gasteiger partial charge < -0.3 is 15.2 Å². The minimum atomic E-state index is -0.117. The molecule has 1 aliphatic heterocycles. The van der Waals surface area contributed by atoms with Crippen LogP contribution in [0.1, 0.15) is 11.6 Å². The summed E-state index contributed by atoms with van der Waals surface area (Å²) in [6.45, 7) is 0.488. The van der Waals surface area contributed by atoms with E-state index < -0.39 is 0 Å². The largest absolute Gasteiger partial charge is 0.497 e. The van der Waals surface area contributed by atoms with Crippen LogP contribution in [0.3, 0.4) is 0 Å². The first kappa shape index (κ1) is 8.66. The molecule has 0 bridgehead atoms. The molecule has 1 aliphatic rings. The first-order chi connectivity index (χ1) is 6.22. The maximum Gasteiger partial charge on any atom is 0.129 e. The summed E-state index contributed by atoms with van der Waals surface area (Å²) >= 11 is 6.01. The third-order valence-corrected chi connectivity index (χ3v) is 2.40. The van der Waals surface area contributed by atoms with E-state index in [0.717, 1.165) is 11.3 Å². The number of methoxy groups -OCH3 is 1. The Bertz CT molecular complexity index is 341. The van der Waals surface area contributed by atoms with Gasteiger partial charge in [0.2, 0.25) is 0 Å². The van der Waals surface area contributed by atoms with Gasteiger partial charge in [-0.25, -0.2) is 0 Å². The molecule has 0 aromatic heterocycles. The highest BCUT2D eigenvalue weighted by atomic mass is 35.5. The molecule has 70 valence electrons. The molecular formula is C9H10ClNO2. The predicted molar refractivity (Wildman–Crippen MR) is 50.4 cm³/mol. The topological polar surface area (TPSA) is 44.5 Å². The van der Waals surface area contributed by atoms with Crippen molar-refractivity contribution >= 4 is 11.6 Å². The summed E-state index contributed by atoms with van der Waals surface area (Å²) in [6.07, 6.45) is 0. The fourth-order valence-corrected chi connectivity index (χ4v) is 1.77. The molecule has 0 spiro atoms. The summed E-state index contributed by atoms with van der Waals surface area (Å²) in [4.78, 5) is 0. The van der Waals surface area contributed by atoms with E-state index in [1.54, 1.807) is 19.2 Å². The van der Waals surface area contributed by atoms with Crippen LogP contribution in [0.2, 0.25) is 5.02 Å². The lowest BCUT2D eigenvalue weighted by Crippen LogP contribution is -2.11. The van der Waals surface area contributed by atoms with Crippen molar-refractivity contribution in [2.45, 2.75) is 6.04 Å². The zero-order valence-electron chi connectivity index (χ0n) is 7.21. The molecule has 1 aromatic rings. The lowest BCUT2D eigenvalue weighted by Gasteiger charge is -2.06. The van der Waals surface area contributed by atoms with E-state index in [-0.39, 0.29) is 6.04 Å². The van der Waals surface area contributed by atoms with Gasteiger partial charge in [-0.2, -0.15) is 0 Å². The monoisotopic (exact) mass is 199 g/mol. The zero-order chi connectivity index (χ0) is 9.42. The first-order valence-electron chi connectivity index (χ1n) is 3.98. The molecule has 3 nitrogen and oxygen atoms in total. The van der Waals surface area contributed by atoms with Crippen LogP contribution in [-0.2, 0) is 0 Å². The van der Waals surface area contributed by atoms with Crippen LogP contribution in [0.5, 0.6) is 11.5 Å². The Balaban J connectivity index is 2.53. The van der Waals surface area contributed by atoms with E-state index in [2.05, 4.69) is 0 Å². The SMILES string of the molecule is COc1cc(Cl)c2c(c1)OC[C@H]2N. The van der Waals surface area contributed by atoms with Crippen molar-refractivity contribution in [3.05, 3.63) is 22.7 Å². The number of hydrogen-bond donors (Lipinski definition) is 1. The van der Waals surface area contributed by atoms with Crippen LogP contribution < -0.4 is 15.2 Å². The van der Waals surface area contributed by atoms with Gasteiger partial charge in [0.1, 0.15) is 18.1 Å². The quantitative estimate of drug-likeness (QED) is 0.750. The minimum absolute atomic E-state index is 0.117. The Morgan fingerprint density at radius 2 is 2.38 bits per heavy atom. The van der Waals surface area contributed by atoms with E-state index >= 15 is 0 Å². The van der Waals surface area contributed by atoms with Crippen LogP contribution in [0.4, 0.5) is 0 Å². The molecule has 2 N–H and O–H groups in total.